The smallest absolute Gasteiger partial charge is 0.247 e. The summed E-state index contributed by atoms with van der Waals surface area (Å²) >= 11 is 0. The number of hydrogen-bond acceptors (Lipinski definition) is 3. The van der Waals surface area contributed by atoms with Crippen molar-refractivity contribution in [2.75, 3.05) is 10.6 Å². The van der Waals surface area contributed by atoms with E-state index in [2.05, 4.69) is 17.2 Å². The average Bonchev–Trinajstić information content (AvgIpc) is 2.57. The van der Waals surface area contributed by atoms with Gasteiger partial charge in [0.25, 0.3) is 0 Å². The molecule has 2 aromatic rings. The maximum atomic E-state index is 13.6. The van der Waals surface area contributed by atoms with Crippen molar-refractivity contribution in [3.8, 4) is 5.75 Å². The van der Waals surface area contributed by atoms with E-state index in [0.717, 1.165) is 18.2 Å². The molecule has 0 saturated heterocycles. The molecule has 0 fully saturated rings. The molecule has 3 N–H and O–H groups in total. The van der Waals surface area contributed by atoms with Crippen LogP contribution in [-0.2, 0) is 16.0 Å². The van der Waals surface area contributed by atoms with Crippen LogP contribution < -0.4 is 10.6 Å². The molecule has 124 valence electrons. The van der Waals surface area contributed by atoms with Crippen molar-refractivity contribution < 1.29 is 23.5 Å². The monoisotopic (exact) mass is 332 g/mol. The Labute approximate surface area is 136 Å². The van der Waals surface area contributed by atoms with E-state index in [9.17, 15) is 18.4 Å². The van der Waals surface area contributed by atoms with Crippen molar-refractivity contribution in [3.63, 3.8) is 0 Å². The summed E-state index contributed by atoms with van der Waals surface area (Å²) in [5.41, 5.74) is 0.796. The van der Waals surface area contributed by atoms with Crippen LogP contribution in [0.1, 0.15) is 5.56 Å². The lowest BCUT2D eigenvalue weighted by molar-refractivity contribution is -0.115. The highest BCUT2D eigenvalue weighted by molar-refractivity contribution is 5.99. The van der Waals surface area contributed by atoms with Gasteiger partial charge in [0.1, 0.15) is 0 Å². The highest BCUT2D eigenvalue weighted by Crippen LogP contribution is 2.24. The number of nitrogens with one attached hydrogen (secondary N) is 2. The van der Waals surface area contributed by atoms with Gasteiger partial charge in [-0.1, -0.05) is 18.7 Å². The predicted molar refractivity (Wildman–Crippen MR) is 85.6 cm³/mol. The van der Waals surface area contributed by atoms with Crippen LogP contribution in [0.4, 0.5) is 20.2 Å². The molecule has 24 heavy (non-hydrogen) atoms. The van der Waals surface area contributed by atoms with Crippen LogP contribution >= 0.6 is 0 Å². The summed E-state index contributed by atoms with van der Waals surface area (Å²) in [4.78, 5) is 23.0. The molecular weight excluding hydrogens is 318 g/mol. The summed E-state index contributed by atoms with van der Waals surface area (Å²) in [6, 6.07) is 8.46. The number of anilines is 2. The highest BCUT2D eigenvalue weighted by atomic mass is 19.2. The number of halogens is 2. The maximum absolute atomic E-state index is 13.6. The largest absolute Gasteiger partial charge is 0.505 e. The Morgan fingerprint density at radius 3 is 2.33 bits per heavy atom. The maximum Gasteiger partial charge on any atom is 0.247 e. The molecule has 0 unspecified atom stereocenters. The third kappa shape index (κ3) is 4.16. The summed E-state index contributed by atoms with van der Waals surface area (Å²) < 4.78 is 26.8. The van der Waals surface area contributed by atoms with E-state index < -0.39 is 23.3 Å². The highest BCUT2D eigenvalue weighted by Gasteiger charge is 2.15. The number of benzene rings is 2. The number of carbonyl (C=O) groups is 2. The van der Waals surface area contributed by atoms with Crippen LogP contribution in [0, 0.1) is 11.6 Å². The van der Waals surface area contributed by atoms with Gasteiger partial charge in [-0.15, -0.1) is 0 Å². The van der Waals surface area contributed by atoms with E-state index in [4.69, 9.17) is 5.11 Å². The normalized spacial score (nSPS) is 10.1. The Morgan fingerprint density at radius 2 is 1.71 bits per heavy atom. The third-order valence-electron chi connectivity index (χ3n) is 3.11. The van der Waals surface area contributed by atoms with E-state index in [-0.39, 0.29) is 18.0 Å². The van der Waals surface area contributed by atoms with Gasteiger partial charge in [-0.3, -0.25) is 9.59 Å². The molecule has 0 bridgehead atoms. The first-order chi connectivity index (χ1) is 11.4. The molecule has 0 aliphatic heterocycles. The Hall–Kier alpha value is -3.22. The quantitative estimate of drug-likeness (QED) is 0.582. The third-order valence-corrected chi connectivity index (χ3v) is 3.11. The van der Waals surface area contributed by atoms with E-state index >= 15 is 0 Å². The Kier molecular flexibility index (Phi) is 5.26. The van der Waals surface area contributed by atoms with Gasteiger partial charge in [0, 0.05) is 5.69 Å². The van der Waals surface area contributed by atoms with Crippen LogP contribution in [0.2, 0.25) is 0 Å². The number of rotatable bonds is 5. The lowest BCUT2D eigenvalue weighted by Crippen LogP contribution is -2.16. The van der Waals surface area contributed by atoms with Crippen LogP contribution in [0.15, 0.2) is 49.1 Å². The minimum absolute atomic E-state index is 0.0718. The van der Waals surface area contributed by atoms with Crippen LogP contribution in [0.3, 0.4) is 0 Å². The zero-order valence-corrected chi connectivity index (χ0v) is 12.5. The molecule has 0 radical (unpaired) electrons. The Morgan fingerprint density at radius 1 is 1.04 bits per heavy atom. The molecule has 2 aromatic carbocycles. The second-order valence-corrected chi connectivity index (χ2v) is 4.88. The molecule has 2 amide bonds. The Balaban J connectivity index is 2.01. The fourth-order valence-electron chi connectivity index (χ4n) is 1.91. The standard InChI is InChI=1S/C17H14F2N2O3/c1-2-14(23)20-11-5-3-10(4-6-11)9-15(24)21-12-7-8-13(22)17(19)16(12)18/h2-8,22H,1,9H2,(H,20,23)(H,21,24). The summed E-state index contributed by atoms with van der Waals surface area (Å²) in [6.45, 7) is 3.33. The molecule has 7 heteroatoms. The SMILES string of the molecule is C=CC(=O)Nc1ccc(CC(=O)Nc2ccc(O)c(F)c2F)cc1. The van der Waals surface area contributed by atoms with Gasteiger partial charge in [-0.05, 0) is 35.9 Å². The summed E-state index contributed by atoms with van der Waals surface area (Å²) in [7, 11) is 0. The van der Waals surface area contributed by atoms with Crippen LogP contribution in [-0.4, -0.2) is 16.9 Å². The van der Waals surface area contributed by atoms with Gasteiger partial charge in [0.15, 0.2) is 11.6 Å². The predicted octanol–water partition coefficient (Wildman–Crippen LogP) is 2.98. The van der Waals surface area contributed by atoms with Crippen LogP contribution in [0.5, 0.6) is 5.75 Å². The molecule has 0 saturated carbocycles. The second-order valence-electron chi connectivity index (χ2n) is 4.88. The molecule has 0 aliphatic rings. The lowest BCUT2D eigenvalue weighted by Gasteiger charge is -2.08. The van der Waals surface area contributed by atoms with Gasteiger partial charge in [-0.25, -0.2) is 4.39 Å². The summed E-state index contributed by atoms with van der Waals surface area (Å²) in [5.74, 6) is -4.49. The molecule has 0 spiro atoms. The molecular formula is C17H14F2N2O3. The molecule has 0 aliphatic carbocycles. The zero-order chi connectivity index (χ0) is 17.7. The minimum atomic E-state index is -1.42. The number of amides is 2. The first kappa shape index (κ1) is 17.1. The van der Waals surface area contributed by atoms with E-state index in [1.807, 2.05) is 0 Å². The van der Waals surface area contributed by atoms with Crippen molar-refractivity contribution in [1.82, 2.24) is 0 Å². The van der Waals surface area contributed by atoms with E-state index in [1.165, 1.54) is 0 Å². The van der Waals surface area contributed by atoms with Crippen molar-refractivity contribution in [2.45, 2.75) is 6.42 Å². The summed E-state index contributed by atoms with van der Waals surface area (Å²) in [5, 5.41) is 13.8. The number of phenolic OH excluding ortho intramolecular Hbond substituents is 1. The van der Waals surface area contributed by atoms with Gasteiger partial charge in [0.05, 0.1) is 12.1 Å². The van der Waals surface area contributed by atoms with Crippen molar-refractivity contribution in [1.29, 1.82) is 0 Å². The number of hydrogen-bond donors (Lipinski definition) is 3. The van der Waals surface area contributed by atoms with E-state index in [1.54, 1.807) is 24.3 Å². The van der Waals surface area contributed by atoms with Crippen molar-refractivity contribution >= 4 is 23.2 Å². The summed E-state index contributed by atoms with van der Waals surface area (Å²) in [6.07, 6.45) is 1.06. The number of aromatic hydroxyl groups is 1. The van der Waals surface area contributed by atoms with Crippen molar-refractivity contribution in [3.05, 3.63) is 66.3 Å². The molecule has 5 nitrogen and oxygen atoms in total. The van der Waals surface area contributed by atoms with E-state index in [0.29, 0.717) is 11.3 Å². The fraction of sp³-hybridized carbons (Fsp3) is 0.0588. The first-order valence-corrected chi connectivity index (χ1v) is 6.90. The van der Waals surface area contributed by atoms with Crippen molar-refractivity contribution in [2.24, 2.45) is 0 Å². The molecule has 0 atom stereocenters. The van der Waals surface area contributed by atoms with Gasteiger partial charge < -0.3 is 15.7 Å². The lowest BCUT2D eigenvalue weighted by atomic mass is 10.1. The number of phenols is 1. The first-order valence-electron chi connectivity index (χ1n) is 6.90. The zero-order valence-electron chi connectivity index (χ0n) is 12.5. The topological polar surface area (TPSA) is 78.4 Å². The number of carbonyl (C=O) groups excluding carboxylic acids is 2. The van der Waals surface area contributed by atoms with Gasteiger partial charge >= 0.3 is 0 Å². The Bertz CT molecular complexity index is 789. The van der Waals surface area contributed by atoms with Gasteiger partial charge in [-0.2, -0.15) is 4.39 Å². The minimum Gasteiger partial charge on any atom is -0.505 e. The average molecular weight is 332 g/mol. The second kappa shape index (κ2) is 7.36. The molecule has 2 rings (SSSR count). The molecule has 0 heterocycles. The fourth-order valence-corrected chi connectivity index (χ4v) is 1.91. The van der Waals surface area contributed by atoms with Crippen LogP contribution in [0.25, 0.3) is 0 Å². The molecule has 0 aromatic heterocycles. The van der Waals surface area contributed by atoms with Gasteiger partial charge in [0.2, 0.25) is 17.6 Å².